The molecule has 0 bridgehead atoms. The predicted octanol–water partition coefficient (Wildman–Crippen LogP) is 5.36. The molecule has 0 aliphatic carbocycles. The van der Waals surface area contributed by atoms with Crippen LogP contribution in [0.1, 0.15) is 39.0 Å². The second-order valence-electron chi connectivity index (χ2n) is 8.25. The summed E-state index contributed by atoms with van der Waals surface area (Å²) in [6, 6.07) is 19.1. The van der Waals surface area contributed by atoms with Gasteiger partial charge in [-0.1, -0.05) is 36.4 Å². The molecule has 0 saturated heterocycles. The van der Waals surface area contributed by atoms with Gasteiger partial charge >= 0.3 is 0 Å². The summed E-state index contributed by atoms with van der Waals surface area (Å²) in [5.41, 5.74) is 4.70. The lowest BCUT2D eigenvalue weighted by molar-refractivity contribution is 0.0628. The van der Waals surface area contributed by atoms with Crippen LogP contribution in [-0.2, 0) is 24.5 Å². The topological polar surface area (TPSA) is 58.7 Å². The summed E-state index contributed by atoms with van der Waals surface area (Å²) in [4.78, 5) is 15.6. The van der Waals surface area contributed by atoms with Crippen molar-refractivity contribution in [3.63, 3.8) is 0 Å². The number of carbonyl (C=O) groups is 1. The van der Waals surface area contributed by atoms with Gasteiger partial charge in [0.05, 0.1) is 14.2 Å². The number of ether oxygens (including phenoxy) is 2. The van der Waals surface area contributed by atoms with Gasteiger partial charge in [-0.2, -0.15) is 0 Å². The standard InChI is InChI=1S/C27H28NO4/c1-18-25(31-2)15-21(16-26(18)32-3)27(30)28-17-22-14-24(29)12-10-20(22)13-23(28)11-9-19-7-5-4-6-8-19/h4-8,10,12,14-16,23H,9,11,13,17H2,1-3H3. The minimum Gasteiger partial charge on any atom is -0.496 e. The Hall–Kier alpha value is -3.47. The number of hydrogen-bond donors (Lipinski definition) is 0. The third-order valence-corrected chi connectivity index (χ3v) is 6.28. The zero-order chi connectivity index (χ0) is 22.7. The first-order valence-electron chi connectivity index (χ1n) is 10.9. The monoisotopic (exact) mass is 430 g/mol. The average molecular weight is 431 g/mol. The van der Waals surface area contributed by atoms with Crippen LogP contribution in [-0.4, -0.2) is 31.1 Å². The summed E-state index contributed by atoms with van der Waals surface area (Å²) in [7, 11) is 3.18. The molecule has 4 rings (SSSR count). The minimum absolute atomic E-state index is 0.0300. The van der Waals surface area contributed by atoms with Crippen molar-refractivity contribution >= 4 is 5.91 Å². The maximum atomic E-state index is 13.7. The molecule has 1 radical (unpaired) electrons. The second-order valence-corrected chi connectivity index (χ2v) is 8.25. The third kappa shape index (κ3) is 4.42. The van der Waals surface area contributed by atoms with E-state index < -0.39 is 0 Å². The smallest absolute Gasteiger partial charge is 0.254 e. The molecule has 32 heavy (non-hydrogen) atoms. The molecule has 1 aliphatic rings. The Morgan fingerprint density at radius 1 is 0.969 bits per heavy atom. The molecule has 0 spiro atoms. The van der Waals surface area contributed by atoms with Crippen LogP contribution < -0.4 is 9.47 Å². The number of nitrogens with zero attached hydrogens (tertiary/aromatic N) is 1. The summed E-state index contributed by atoms with van der Waals surface area (Å²) >= 11 is 0. The van der Waals surface area contributed by atoms with Gasteiger partial charge in [0.25, 0.3) is 5.91 Å². The van der Waals surface area contributed by atoms with E-state index in [9.17, 15) is 9.90 Å². The van der Waals surface area contributed by atoms with E-state index in [0.29, 0.717) is 23.6 Å². The fraction of sp³-hybridized carbons (Fsp3) is 0.296. The van der Waals surface area contributed by atoms with E-state index >= 15 is 0 Å². The third-order valence-electron chi connectivity index (χ3n) is 6.28. The van der Waals surface area contributed by atoms with Gasteiger partial charge in [-0.25, -0.2) is 0 Å². The van der Waals surface area contributed by atoms with Crippen molar-refractivity contribution < 1.29 is 19.4 Å². The van der Waals surface area contributed by atoms with E-state index in [0.717, 1.165) is 36.0 Å². The van der Waals surface area contributed by atoms with Gasteiger partial charge in [-0.05, 0) is 67.1 Å². The Bertz CT molecular complexity index is 1080. The zero-order valence-electron chi connectivity index (χ0n) is 18.8. The second kappa shape index (κ2) is 9.35. The molecule has 0 fully saturated rings. The molecule has 165 valence electrons. The molecule has 1 amide bonds. The van der Waals surface area contributed by atoms with Gasteiger partial charge < -0.3 is 14.4 Å². The van der Waals surface area contributed by atoms with E-state index in [2.05, 4.69) is 12.1 Å². The maximum absolute atomic E-state index is 13.7. The first-order valence-corrected chi connectivity index (χ1v) is 10.9. The van der Waals surface area contributed by atoms with Crippen LogP contribution in [0.25, 0.3) is 0 Å². The first-order chi connectivity index (χ1) is 15.5. The largest absolute Gasteiger partial charge is 0.496 e. The number of hydrogen-bond acceptors (Lipinski definition) is 3. The first kappa shape index (κ1) is 21.8. The lowest BCUT2D eigenvalue weighted by Crippen LogP contribution is -2.44. The number of benzene rings is 3. The van der Waals surface area contributed by atoms with Gasteiger partial charge in [0, 0.05) is 23.7 Å². The molecule has 1 unspecified atom stereocenters. The van der Waals surface area contributed by atoms with Gasteiger partial charge in [0.15, 0.2) is 5.75 Å². The van der Waals surface area contributed by atoms with E-state index in [1.165, 1.54) is 5.56 Å². The molecule has 3 aromatic carbocycles. The number of rotatable bonds is 6. The average Bonchev–Trinajstić information content (AvgIpc) is 2.82. The lowest BCUT2D eigenvalue weighted by Gasteiger charge is -2.37. The summed E-state index contributed by atoms with van der Waals surface area (Å²) in [5, 5.41) is 11.9. The van der Waals surface area contributed by atoms with E-state index in [-0.39, 0.29) is 17.7 Å². The highest BCUT2D eigenvalue weighted by Gasteiger charge is 2.31. The minimum atomic E-state index is -0.0818. The molecular formula is C27H28NO4. The molecule has 1 heterocycles. The normalized spacial score (nSPS) is 15.2. The molecule has 0 saturated carbocycles. The molecule has 3 aromatic rings. The Morgan fingerprint density at radius 2 is 1.66 bits per heavy atom. The Kier molecular flexibility index (Phi) is 6.35. The molecule has 0 aromatic heterocycles. The van der Waals surface area contributed by atoms with Crippen LogP contribution >= 0.6 is 0 Å². The molecule has 5 heteroatoms. The van der Waals surface area contributed by atoms with Crippen LogP contribution in [0.5, 0.6) is 17.2 Å². The van der Waals surface area contributed by atoms with Crippen LogP contribution in [0.3, 0.4) is 0 Å². The van der Waals surface area contributed by atoms with Gasteiger partial charge in [-0.15, -0.1) is 0 Å². The van der Waals surface area contributed by atoms with Crippen LogP contribution in [0.2, 0.25) is 0 Å². The van der Waals surface area contributed by atoms with Gasteiger partial charge in [0.1, 0.15) is 11.5 Å². The van der Waals surface area contributed by atoms with Crippen LogP contribution in [0.4, 0.5) is 0 Å². The van der Waals surface area contributed by atoms with E-state index in [1.807, 2.05) is 36.1 Å². The summed E-state index contributed by atoms with van der Waals surface area (Å²) in [5.74, 6) is 1.12. The predicted molar refractivity (Wildman–Crippen MR) is 123 cm³/mol. The SMILES string of the molecule is COc1cc(C(=O)N2Cc3cc([O])ccc3CC2CCc2ccccc2)cc(OC)c1C. The summed E-state index contributed by atoms with van der Waals surface area (Å²) in [6.07, 6.45) is 2.45. The van der Waals surface area contributed by atoms with Crippen molar-refractivity contribution in [2.75, 3.05) is 14.2 Å². The number of methoxy groups -OCH3 is 2. The Labute approximate surface area is 189 Å². The highest BCUT2D eigenvalue weighted by atomic mass is 16.5. The van der Waals surface area contributed by atoms with Crippen molar-refractivity contribution in [1.82, 2.24) is 4.90 Å². The molecule has 1 atom stereocenters. The molecular weight excluding hydrogens is 402 g/mol. The van der Waals surface area contributed by atoms with Crippen molar-refractivity contribution in [2.24, 2.45) is 0 Å². The summed E-state index contributed by atoms with van der Waals surface area (Å²) in [6.45, 7) is 2.32. The highest BCUT2D eigenvalue weighted by Crippen LogP contribution is 2.33. The van der Waals surface area contributed by atoms with Crippen molar-refractivity contribution in [1.29, 1.82) is 0 Å². The number of aryl methyl sites for hydroxylation is 1. The Morgan fingerprint density at radius 3 is 2.31 bits per heavy atom. The molecule has 0 N–H and O–H groups in total. The van der Waals surface area contributed by atoms with Gasteiger partial charge in [-0.3, -0.25) is 9.90 Å². The van der Waals surface area contributed by atoms with E-state index in [1.54, 1.807) is 38.5 Å². The quantitative estimate of drug-likeness (QED) is 0.529. The van der Waals surface area contributed by atoms with Crippen molar-refractivity contribution in [3.05, 3.63) is 88.5 Å². The summed E-state index contributed by atoms with van der Waals surface area (Å²) < 4.78 is 11.0. The maximum Gasteiger partial charge on any atom is 0.254 e. The fourth-order valence-corrected chi connectivity index (χ4v) is 4.47. The molecule has 1 aliphatic heterocycles. The van der Waals surface area contributed by atoms with Gasteiger partial charge in [0.2, 0.25) is 0 Å². The highest BCUT2D eigenvalue weighted by molar-refractivity contribution is 5.95. The van der Waals surface area contributed by atoms with E-state index in [4.69, 9.17) is 9.47 Å². The van der Waals surface area contributed by atoms with Crippen LogP contribution in [0, 0.1) is 6.92 Å². The number of amides is 1. The lowest BCUT2D eigenvalue weighted by atomic mass is 9.89. The van der Waals surface area contributed by atoms with Crippen molar-refractivity contribution in [3.8, 4) is 17.2 Å². The number of fused-ring (bicyclic) bond motifs is 1. The Balaban J connectivity index is 1.67. The van der Waals surface area contributed by atoms with Crippen LogP contribution in [0.15, 0.2) is 60.7 Å². The molecule has 5 nitrogen and oxygen atoms in total. The number of carbonyl (C=O) groups excluding carboxylic acids is 1. The fourth-order valence-electron chi connectivity index (χ4n) is 4.47. The van der Waals surface area contributed by atoms with Crippen molar-refractivity contribution in [2.45, 2.75) is 38.8 Å². The zero-order valence-corrected chi connectivity index (χ0v) is 18.8.